The third kappa shape index (κ3) is 3.31. The van der Waals surface area contributed by atoms with Crippen LogP contribution >= 0.6 is 11.8 Å². The molecule has 0 unspecified atom stereocenters. The Bertz CT molecular complexity index is 563. The van der Waals surface area contributed by atoms with Gasteiger partial charge in [0.2, 0.25) is 0 Å². The van der Waals surface area contributed by atoms with Crippen LogP contribution in [0.25, 0.3) is 0 Å². The molecule has 0 amide bonds. The molecule has 0 spiro atoms. The molecule has 1 fully saturated rings. The van der Waals surface area contributed by atoms with E-state index in [1.165, 1.54) is 11.8 Å². The number of aliphatic carboxylic acids is 1. The smallest absolute Gasteiger partial charge is 0.311 e. The summed E-state index contributed by atoms with van der Waals surface area (Å²) in [7, 11) is 0. The first-order chi connectivity index (χ1) is 10.1. The first-order valence-corrected chi connectivity index (χ1v) is 7.97. The zero-order chi connectivity index (χ0) is 15.3. The summed E-state index contributed by atoms with van der Waals surface area (Å²) in [5, 5.41) is 22.0. The number of carboxylic acid groups (broad SMARTS) is 1. The van der Waals surface area contributed by atoms with Gasteiger partial charge in [0.25, 0.3) is 0 Å². The standard InChI is InChI=1S/C15H18N2O3S/c1-21-13-4-2-3-12(11(13)9-16)17-10-15(14(18)19)5-7-20-8-6-15/h2-4,17H,5-8,10H2,1H3,(H,18,19). The monoisotopic (exact) mass is 306 g/mol. The van der Waals surface area contributed by atoms with Crippen molar-refractivity contribution < 1.29 is 14.6 Å². The number of thioether (sulfide) groups is 1. The van der Waals surface area contributed by atoms with Crippen LogP contribution in [0.3, 0.4) is 0 Å². The van der Waals surface area contributed by atoms with Crippen molar-refractivity contribution in [1.29, 1.82) is 5.26 Å². The summed E-state index contributed by atoms with van der Waals surface area (Å²) < 4.78 is 5.26. The fraction of sp³-hybridized carbons (Fsp3) is 0.467. The summed E-state index contributed by atoms with van der Waals surface area (Å²) in [5.41, 5.74) is 0.439. The highest BCUT2D eigenvalue weighted by Gasteiger charge is 2.40. The summed E-state index contributed by atoms with van der Waals surface area (Å²) in [6, 6.07) is 7.75. The largest absolute Gasteiger partial charge is 0.481 e. The first kappa shape index (κ1) is 15.7. The molecule has 1 heterocycles. The molecule has 1 aliphatic rings. The molecule has 1 aromatic rings. The van der Waals surface area contributed by atoms with Gasteiger partial charge >= 0.3 is 5.97 Å². The number of carboxylic acids is 1. The molecule has 112 valence electrons. The average molecular weight is 306 g/mol. The number of nitrogens with one attached hydrogen (secondary N) is 1. The van der Waals surface area contributed by atoms with Gasteiger partial charge in [-0.3, -0.25) is 4.79 Å². The maximum Gasteiger partial charge on any atom is 0.311 e. The van der Waals surface area contributed by atoms with Crippen LogP contribution in [0.2, 0.25) is 0 Å². The molecule has 2 N–H and O–H groups in total. The van der Waals surface area contributed by atoms with Gasteiger partial charge in [-0.05, 0) is 31.2 Å². The lowest BCUT2D eigenvalue weighted by Gasteiger charge is -2.33. The van der Waals surface area contributed by atoms with E-state index in [4.69, 9.17) is 4.74 Å². The quantitative estimate of drug-likeness (QED) is 0.814. The predicted molar refractivity (Wildman–Crippen MR) is 81.5 cm³/mol. The second-order valence-corrected chi connectivity index (χ2v) is 5.89. The second-order valence-electron chi connectivity index (χ2n) is 5.05. The minimum Gasteiger partial charge on any atom is -0.481 e. The number of ether oxygens (including phenoxy) is 1. The molecule has 2 rings (SSSR count). The molecule has 0 saturated carbocycles. The third-order valence-corrected chi connectivity index (χ3v) is 4.66. The Morgan fingerprint density at radius 3 is 2.81 bits per heavy atom. The van der Waals surface area contributed by atoms with Crippen LogP contribution < -0.4 is 5.32 Å². The van der Waals surface area contributed by atoms with Gasteiger partial charge in [-0.25, -0.2) is 0 Å². The molecular formula is C15H18N2O3S. The van der Waals surface area contributed by atoms with Gasteiger partial charge in [0.05, 0.1) is 16.7 Å². The van der Waals surface area contributed by atoms with Gasteiger partial charge in [0.15, 0.2) is 0 Å². The second kappa shape index (κ2) is 6.83. The molecule has 21 heavy (non-hydrogen) atoms. The van der Waals surface area contributed by atoms with Gasteiger partial charge < -0.3 is 15.2 Å². The van der Waals surface area contributed by atoms with E-state index in [-0.39, 0.29) is 0 Å². The Labute approximate surface area is 128 Å². The average Bonchev–Trinajstić information content (AvgIpc) is 2.53. The number of anilines is 1. The van der Waals surface area contributed by atoms with Gasteiger partial charge in [0, 0.05) is 24.7 Å². The molecule has 0 aromatic heterocycles. The number of hydrogen-bond acceptors (Lipinski definition) is 5. The predicted octanol–water partition coefficient (Wildman–Crippen LogP) is 2.57. The zero-order valence-electron chi connectivity index (χ0n) is 11.9. The van der Waals surface area contributed by atoms with Crippen molar-refractivity contribution >= 4 is 23.4 Å². The first-order valence-electron chi connectivity index (χ1n) is 6.75. The molecule has 6 heteroatoms. The summed E-state index contributed by atoms with van der Waals surface area (Å²) in [6.07, 6.45) is 2.88. The maximum absolute atomic E-state index is 11.6. The van der Waals surface area contributed by atoms with E-state index < -0.39 is 11.4 Å². The molecule has 1 saturated heterocycles. The number of benzene rings is 1. The van der Waals surface area contributed by atoms with Crippen molar-refractivity contribution in [3.05, 3.63) is 23.8 Å². The number of nitrogens with zero attached hydrogens (tertiary/aromatic N) is 1. The van der Waals surface area contributed by atoms with Crippen molar-refractivity contribution in [3.8, 4) is 6.07 Å². The van der Waals surface area contributed by atoms with Crippen LogP contribution in [0.1, 0.15) is 18.4 Å². The lowest BCUT2D eigenvalue weighted by atomic mass is 9.80. The molecule has 1 aromatic carbocycles. The highest BCUT2D eigenvalue weighted by atomic mass is 32.2. The van der Waals surface area contributed by atoms with Gasteiger partial charge in [-0.2, -0.15) is 5.26 Å². The van der Waals surface area contributed by atoms with Gasteiger partial charge in [0.1, 0.15) is 6.07 Å². The highest BCUT2D eigenvalue weighted by molar-refractivity contribution is 7.98. The van der Waals surface area contributed by atoms with E-state index in [0.717, 1.165) is 4.90 Å². The van der Waals surface area contributed by atoms with E-state index in [9.17, 15) is 15.2 Å². The number of rotatable bonds is 5. The minimum absolute atomic E-state index is 0.304. The molecule has 0 bridgehead atoms. The van der Waals surface area contributed by atoms with Crippen LogP contribution in [-0.2, 0) is 9.53 Å². The molecular weight excluding hydrogens is 288 g/mol. The van der Waals surface area contributed by atoms with E-state index in [1.54, 1.807) is 0 Å². The number of hydrogen-bond donors (Lipinski definition) is 2. The Balaban J connectivity index is 2.19. The molecule has 5 nitrogen and oxygen atoms in total. The Kier molecular flexibility index (Phi) is 5.10. The van der Waals surface area contributed by atoms with Crippen molar-refractivity contribution in [3.63, 3.8) is 0 Å². The molecule has 1 aliphatic heterocycles. The molecule has 0 radical (unpaired) electrons. The summed E-state index contributed by atoms with van der Waals surface area (Å²) >= 11 is 1.50. The maximum atomic E-state index is 11.6. The van der Waals surface area contributed by atoms with Crippen LogP contribution in [0.4, 0.5) is 5.69 Å². The molecule has 0 aliphatic carbocycles. The normalized spacial score (nSPS) is 17.0. The van der Waals surface area contributed by atoms with Crippen LogP contribution in [0.15, 0.2) is 23.1 Å². The summed E-state index contributed by atoms with van der Waals surface area (Å²) in [6.45, 7) is 1.23. The summed E-state index contributed by atoms with van der Waals surface area (Å²) in [4.78, 5) is 12.5. The van der Waals surface area contributed by atoms with Gasteiger partial charge in [-0.15, -0.1) is 11.8 Å². The SMILES string of the molecule is CSc1cccc(NCC2(C(=O)O)CCOCC2)c1C#N. The Morgan fingerprint density at radius 2 is 2.24 bits per heavy atom. The lowest BCUT2D eigenvalue weighted by Crippen LogP contribution is -2.42. The van der Waals surface area contributed by atoms with Crippen molar-refractivity contribution in [1.82, 2.24) is 0 Å². The molecule has 0 atom stereocenters. The fourth-order valence-electron chi connectivity index (χ4n) is 2.46. The number of nitriles is 1. The van der Waals surface area contributed by atoms with Crippen molar-refractivity contribution in [2.75, 3.05) is 31.3 Å². The zero-order valence-corrected chi connectivity index (χ0v) is 12.7. The number of carbonyl (C=O) groups is 1. The topological polar surface area (TPSA) is 82.3 Å². The van der Waals surface area contributed by atoms with E-state index in [2.05, 4.69) is 11.4 Å². The minimum atomic E-state index is -0.819. The van der Waals surface area contributed by atoms with E-state index in [1.807, 2.05) is 24.5 Å². The highest BCUT2D eigenvalue weighted by Crippen LogP contribution is 2.33. The van der Waals surface area contributed by atoms with Crippen LogP contribution in [0, 0.1) is 16.7 Å². The van der Waals surface area contributed by atoms with Crippen LogP contribution in [0.5, 0.6) is 0 Å². The fourth-order valence-corrected chi connectivity index (χ4v) is 3.03. The van der Waals surface area contributed by atoms with Crippen LogP contribution in [-0.4, -0.2) is 37.1 Å². The Hall–Kier alpha value is -1.71. The van der Waals surface area contributed by atoms with E-state index in [0.29, 0.717) is 43.9 Å². The lowest BCUT2D eigenvalue weighted by molar-refractivity contribution is -0.153. The summed E-state index contributed by atoms with van der Waals surface area (Å²) in [5.74, 6) is -0.808. The van der Waals surface area contributed by atoms with Gasteiger partial charge in [-0.1, -0.05) is 6.07 Å². The van der Waals surface area contributed by atoms with Crippen molar-refractivity contribution in [2.24, 2.45) is 5.41 Å². The third-order valence-electron chi connectivity index (χ3n) is 3.88. The van der Waals surface area contributed by atoms with Crippen molar-refractivity contribution in [2.45, 2.75) is 17.7 Å². The van der Waals surface area contributed by atoms with E-state index >= 15 is 0 Å². The Morgan fingerprint density at radius 1 is 1.52 bits per heavy atom.